The quantitative estimate of drug-likeness (QED) is 0.824. The van der Waals surface area contributed by atoms with Gasteiger partial charge >= 0.3 is 0 Å². The van der Waals surface area contributed by atoms with Gasteiger partial charge in [-0.25, -0.2) is 0 Å². The average molecular weight is 254 g/mol. The predicted molar refractivity (Wildman–Crippen MR) is 71.0 cm³/mol. The molecule has 3 unspecified atom stereocenters. The summed E-state index contributed by atoms with van der Waals surface area (Å²) < 4.78 is 5.36. The van der Waals surface area contributed by atoms with Gasteiger partial charge in [0, 0.05) is 38.1 Å². The second kappa shape index (κ2) is 5.17. The van der Waals surface area contributed by atoms with Crippen LogP contribution in [0.15, 0.2) is 0 Å². The van der Waals surface area contributed by atoms with Crippen molar-refractivity contribution in [1.82, 2.24) is 4.90 Å². The van der Waals surface area contributed by atoms with Gasteiger partial charge in [-0.1, -0.05) is 20.8 Å². The molecule has 18 heavy (non-hydrogen) atoms. The van der Waals surface area contributed by atoms with E-state index in [1.54, 1.807) is 0 Å². The molecule has 2 aliphatic rings. The molecule has 0 radical (unpaired) electrons. The van der Waals surface area contributed by atoms with E-state index in [2.05, 4.69) is 20.8 Å². The van der Waals surface area contributed by atoms with Crippen LogP contribution in [0.3, 0.4) is 0 Å². The van der Waals surface area contributed by atoms with E-state index in [-0.39, 0.29) is 17.4 Å². The molecule has 2 N–H and O–H groups in total. The summed E-state index contributed by atoms with van der Waals surface area (Å²) in [5.74, 6) is 1.15. The second-order valence-corrected chi connectivity index (χ2v) is 6.85. The molecule has 0 aromatic heterocycles. The van der Waals surface area contributed by atoms with Crippen LogP contribution in [-0.4, -0.2) is 43.2 Å². The number of carbonyl (C=O) groups is 1. The highest BCUT2D eigenvalue weighted by Crippen LogP contribution is 2.34. The normalized spacial score (nSPS) is 31.1. The Morgan fingerprint density at radius 3 is 2.72 bits per heavy atom. The molecule has 1 amide bonds. The fourth-order valence-electron chi connectivity index (χ4n) is 2.82. The third-order valence-corrected chi connectivity index (χ3v) is 4.44. The molecule has 2 rings (SSSR count). The van der Waals surface area contributed by atoms with E-state index in [1.165, 1.54) is 0 Å². The van der Waals surface area contributed by atoms with Crippen LogP contribution in [-0.2, 0) is 9.53 Å². The number of carbonyl (C=O) groups excluding carboxylic acids is 1. The smallest absolute Gasteiger partial charge is 0.222 e. The van der Waals surface area contributed by atoms with Crippen LogP contribution < -0.4 is 5.73 Å². The van der Waals surface area contributed by atoms with Gasteiger partial charge in [-0.2, -0.15) is 0 Å². The fourth-order valence-corrected chi connectivity index (χ4v) is 2.82. The van der Waals surface area contributed by atoms with E-state index >= 15 is 0 Å². The second-order valence-electron chi connectivity index (χ2n) is 6.85. The van der Waals surface area contributed by atoms with Crippen molar-refractivity contribution in [2.24, 2.45) is 23.0 Å². The number of nitrogens with two attached hydrogens (primary N) is 1. The fraction of sp³-hybridized carbons (Fsp3) is 0.929. The Hall–Kier alpha value is -0.610. The maximum atomic E-state index is 12.0. The van der Waals surface area contributed by atoms with Crippen LogP contribution in [0, 0.1) is 17.3 Å². The van der Waals surface area contributed by atoms with Crippen LogP contribution >= 0.6 is 0 Å². The molecule has 2 aliphatic heterocycles. The van der Waals surface area contributed by atoms with Gasteiger partial charge < -0.3 is 15.4 Å². The van der Waals surface area contributed by atoms with Crippen LogP contribution in [0.25, 0.3) is 0 Å². The Morgan fingerprint density at radius 2 is 2.22 bits per heavy atom. The highest BCUT2D eigenvalue weighted by Gasteiger charge is 2.38. The number of amides is 1. The van der Waals surface area contributed by atoms with Crippen LogP contribution in [0.5, 0.6) is 0 Å². The lowest BCUT2D eigenvalue weighted by Gasteiger charge is -2.28. The van der Waals surface area contributed by atoms with Crippen molar-refractivity contribution in [2.45, 2.75) is 39.7 Å². The standard InChI is InChI=1S/C14H26N2O2/c1-14(2,3)11-6-13(17)16(7-11)8-12(15)10-4-5-18-9-10/h10-12H,4-9,15H2,1-3H3. The molecule has 0 aromatic rings. The summed E-state index contributed by atoms with van der Waals surface area (Å²) in [5.41, 5.74) is 6.40. The molecule has 0 saturated carbocycles. The van der Waals surface area contributed by atoms with Crippen LogP contribution in [0.4, 0.5) is 0 Å². The SMILES string of the molecule is CC(C)(C)C1CC(=O)N(CC(N)C2CCOC2)C1. The van der Waals surface area contributed by atoms with E-state index in [0.717, 1.165) is 26.2 Å². The molecule has 2 heterocycles. The maximum absolute atomic E-state index is 12.0. The van der Waals surface area contributed by atoms with Crippen molar-refractivity contribution in [1.29, 1.82) is 0 Å². The van der Waals surface area contributed by atoms with Crippen molar-refractivity contribution < 1.29 is 9.53 Å². The van der Waals surface area contributed by atoms with E-state index in [9.17, 15) is 4.79 Å². The zero-order valence-corrected chi connectivity index (χ0v) is 11.8. The molecular formula is C14H26N2O2. The Morgan fingerprint density at radius 1 is 1.50 bits per heavy atom. The Labute approximate surface area is 110 Å². The summed E-state index contributed by atoms with van der Waals surface area (Å²) >= 11 is 0. The van der Waals surface area contributed by atoms with Gasteiger partial charge in [0.05, 0.1) is 6.61 Å². The minimum atomic E-state index is 0.0650. The molecule has 4 heteroatoms. The van der Waals surface area contributed by atoms with Crippen LogP contribution in [0.1, 0.15) is 33.6 Å². The summed E-state index contributed by atoms with van der Waals surface area (Å²) in [6, 6.07) is 0.0650. The lowest BCUT2D eigenvalue weighted by molar-refractivity contribution is -0.128. The largest absolute Gasteiger partial charge is 0.381 e. The summed E-state index contributed by atoms with van der Waals surface area (Å²) in [7, 11) is 0. The Balaban J connectivity index is 1.88. The third kappa shape index (κ3) is 3.04. The Kier molecular flexibility index (Phi) is 3.97. The first kappa shape index (κ1) is 13.8. The number of nitrogens with zero attached hydrogens (tertiary/aromatic N) is 1. The topological polar surface area (TPSA) is 55.6 Å². The molecule has 0 bridgehead atoms. The van der Waals surface area contributed by atoms with Crippen molar-refractivity contribution in [2.75, 3.05) is 26.3 Å². The monoisotopic (exact) mass is 254 g/mol. The van der Waals surface area contributed by atoms with Crippen molar-refractivity contribution >= 4 is 5.91 Å². The maximum Gasteiger partial charge on any atom is 0.222 e. The summed E-state index contributed by atoms with van der Waals surface area (Å²) in [5, 5.41) is 0. The average Bonchev–Trinajstić information content (AvgIpc) is 2.87. The first-order valence-corrected chi connectivity index (χ1v) is 6.99. The minimum Gasteiger partial charge on any atom is -0.381 e. The Bertz CT molecular complexity index is 305. The van der Waals surface area contributed by atoms with Crippen molar-refractivity contribution in [3.63, 3.8) is 0 Å². The molecule has 3 atom stereocenters. The molecule has 0 aliphatic carbocycles. The van der Waals surface area contributed by atoms with Gasteiger partial charge in [0.2, 0.25) is 5.91 Å². The summed E-state index contributed by atoms with van der Waals surface area (Å²) in [6.45, 7) is 9.75. The minimum absolute atomic E-state index is 0.0650. The molecule has 2 saturated heterocycles. The van der Waals surface area contributed by atoms with Gasteiger partial charge in [-0.05, 0) is 17.8 Å². The summed E-state index contributed by atoms with van der Waals surface area (Å²) in [6.07, 6.45) is 1.71. The molecule has 4 nitrogen and oxygen atoms in total. The first-order chi connectivity index (χ1) is 8.38. The van der Waals surface area contributed by atoms with Gasteiger partial charge in [0.15, 0.2) is 0 Å². The zero-order valence-electron chi connectivity index (χ0n) is 11.8. The first-order valence-electron chi connectivity index (χ1n) is 6.99. The lowest BCUT2D eigenvalue weighted by atomic mass is 9.80. The molecule has 2 fully saturated rings. The predicted octanol–water partition coefficient (Wildman–Crippen LogP) is 1.24. The molecule has 0 aromatic carbocycles. The lowest BCUT2D eigenvalue weighted by Crippen LogP contribution is -2.43. The number of hydrogen-bond donors (Lipinski definition) is 1. The molecule has 104 valence electrons. The zero-order chi connectivity index (χ0) is 13.3. The third-order valence-electron chi connectivity index (χ3n) is 4.44. The van der Waals surface area contributed by atoms with Crippen molar-refractivity contribution in [3.8, 4) is 0 Å². The summed E-state index contributed by atoms with van der Waals surface area (Å²) in [4.78, 5) is 14.0. The number of rotatable bonds is 3. The van der Waals surface area contributed by atoms with Crippen LogP contribution in [0.2, 0.25) is 0 Å². The number of hydrogen-bond acceptors (Lipinski definition) is 3. The number of ether oxygens (including phenoxy) is 1. The molecule has 0 spiro atoms. The highest BCUT2D eigenvalue weighted by atomic mass is 16.5. The van der Waals surface area contributed by atoms with E-state index in [0.29, 0.717) is 24.8 Å². The number of likely N-dealkylation sites (tertiary alicyclic amines) is 1. The van der Waals surface area contributed by atoms with Gasteiger partial charge in [0.1, 0.15) is 0 Å². The highest BCUT2D eigenvalue weighted by molar-refractivity contribution is 5.78. The van der Waals surface area contributed by atoms with E-state index in [4.69, 9.17) is 10.5 Å². The van der Waals surface area contributed by atoms with Gasteiger partial charge in [0.25, 0.3) is 0 Å². The van der Waals surface area contributed by atoms with E-state index < -0.39 is 0 Å². The molecular weight excluding hydrogens is 228 g/mol. The van der Waals surface area contributed by atoms with Gasteiger partial charge in [-0.15, -0.1) is 0 Å². The van der Waals surface area contributed by atoms with Gasteiger partial charge in [-0.3, -0.25) is 4.79 Å². The van der Waals surface area contributed by atoms with E-state index in [1.807, 2.05) is 4.90 Å². The van der Waals surface area contributed by atoms with Crippen molar-refractivity contribution in [3.05, 3.63) is 0 Å².